The summed E-state index contributed by atoms with van der Waals surface area (Å²) in [6.07, 6.45) is 2.13. The number of ether oxygens (including phenoxy) is 2. The summed E-state index contributed by atoms with van der Waals surface area (Å²) < 4.78 is 25.7. The normalized spacial score (nSPS) is 24.8. The van der Waals surface area contributed by atoms with Crippen LogP contribution in [0.5, 0.6) is 5.88 Å². The number of aromatic nitrogens is 1. The molecule has 0 spiro atoms. The van der Waals surface area contributed by atoms with Gasteiger partial charge in [0, 0.05) is 19.0 Å². The first-order valence-electron chi connectivity index (χ1n) is 9.98. The fourth-order valence-electron chi connectivity index (χ4n) is 3.90. The highest BCUT2D eigenvalue weighted by atomic mass is 79.9. The van der Waals surface area contributed by atoms with Gasteiger partial charge in [0.25, 0.3) is 5.91 Å². The summed E-state index contributed by atoms with van der Waals surface area (Å²) in [6.45, 7) is 7.48. The molecule has 10 heteroatoms. The molecule has 166 valence electrons. The Morgan fingerprint density at radius 3 is 2.70 bits per heavy atom. The van der Waals surface area contributed by atoms with Crippen molar-refractivity contribution < 1.29 is 23.5 Å². The van der Waals surface area contributed by atoms with Gasteiger partial charge in [-0.25, -0.2) is 9.18 Å². The van der Waals surface area contributed by atoms with E-state index in [0.29, 0.717) is 6.42 Å². The Balaban J connectivity index is 1.97. The summed E-state index contributed by atoms with van der Waals surface area (Å²) in [4.78, 5) is 31.5. The molecule has 0 radical (unpaired) electrons. The fourth-order valence-corrected chi connectivity index (χ4v) is 4.72. The van der Waals surface area contributed by atoms with Crippen molar-refractivity contribution in [2.24, 2.45) is 0 Å². The number of fused-ring (bicyclic) bond motifs is 3. The fraction of sp³-hybridized carbons (Fsp3) is 0.650. The van der Waals surface area contributed by atoms with Crippen molar-refractivity contribution in [3.05, 3.63) is 21.0 Å². The van der Waals surface area contributed by atoms with E-state index in [1.165, 1.54) is 0 Å². The van der Waals surface area contributed by atoms with Crippen LogP contribution >= 0.6 is 27.5 Å². The van der Waals surface area contributed by atoms with E-state index < -0.39 is 29.5 Å². The van der Waals surface area contributed by atoms with Crippen LogP contribution in [0.3, 0.4) is 0 Å². The molecule has 1 fully saturated rings. The molecule has 2 bridgehead atoms. The topological polar surface area (TPSA) is 80.8 Å². The Morgan fingerprint density at radius 1 is 1.37 bits per heavy atom. The van der Waals surface area contributed by atoms with Gasteiger partial charge in [-0.15, -0.1) is 0 Å². The van der Waals surface area contributed by atoms with Crippen LogP contribution < -0.4 is 10.1 Å². The summed E-state index contributed by atoms with van der Waals surface area (Å²) in [5.41, 5.74) is -0.688. The lowest BCUT2D eigenvalue weighted by Gasteiger charge is -2.43. The smallest absolute Gasteiger partial charge is 0.410 e. The lowest BCUT2D eigenvalue weighted by molar-refractivity contribution is -0.0112. The third kappa shape index (κ3) is 4.99. The molecular weight excluding hydrogens is 481 g/mol. The van der Waals surface area contributed by atoms with E-state index >= 15 is 0 Å². The Labute approximate surface area is 188 Å². The van der Waals surface area contributed by atoms with Gasteiger partial charge in [-0.3, -0.25) is 4.79 Å². The van der Waals surface area contributed by atoms with Crippen molar-refractivity contribution in [2.45, 2.75) is 77.2 Å². The number of nitrogens with one attached hydrogen (secondary N) is 1. The first-order chi connectivity index (χ1) is 14.0. The zero-order valence-electron chi connectivity index (χ0n) is 17.4. The molecule has 30 heavy (non-hydrogen) atoms. The Morgan fingerprint density at radius 2 is 2.03 bits per heavy atom. The number of halogens is 3. The minimum atomic E-state index is -0.828. The summed E-state index contributed by atoms with van der Waals surface area (Å²) in [7, 11) is 0. The third-order valence-corrected chi connectivity index (χ3v) is 6.11. The van der Waals surface area contributed by atoms with E-state index in [0.717, 1.165) is 19.3 Å². The average Bonchev–Trinajstić information content (AvgIpc) is 2.63. The largest absolute Gasteiger partial charge is 0.474 e. The van der Waals surface area contributed by atoms with Gasteiger partial charge in [0.1, 0.15) is 11.2 Å². The van der Waals surface area contributed by atoms with E-state index in [-0.39, 0.29) is 39.7 Å². The molecule has 1 saturated heterocycles. The molecule has 1 aromatic heterocycles. The van der Waals surface area contributed by atoms with Gasteiger partial charge in [0.2, 0.25) is 5.88 Å². The maximum absolute atomic E-state index is 14.3. The van der Waals surface area contributed by atoms with Crippen LogP contribution in [0.2, 0.25) is 5.15 Å². The van der Waals surface area contributed by atoms with Crippen LogP contribution in [0.1, 0.15) is 63.7 Å². The van der Waals surface area contributed by atoms with E-state index in [2.05, 4.69) is 26.2 Å². The lowest BCUT2D eigenvalue weighted by Crippen LogP contribution is -2.55. The van der Waals surface area contributed by atoms with Gasteiger partial charge in [-0.2, -0.15) is 4.98 Å². The molecule has 7 nitrogen and oxygen atoms in total. The predicted octanol–water partition coefficient (Wildman–Crippen LogP) is 4.70. The summed E-state index contributed by atoms with van der Waals surface area (Å²) in [6, 6.07) is -0.355. The maximum atomic E-state index is 14.3. The molecule has 3 rings (SSSR count). The Hall–Kier alpha value is -1.61. The van der Waals surface area contributed by atoms with Gasteiger partial charge >= 0.3 is 6.09 Å². The monoisotopic (exact) mass is 505 g/mol. The van der Waals surface area contributed by atoms with Crippen molar-refractivity contribution in [3.8, 4) is 5.88 Å². The quantitative estimate of drug-likeness (QED) is 0.516. The first-order valence-corrected chi connectivity index (χ1v) is 11.2. The number of hydrogen-bond acceptors (Lipinski definition) is 5. The summed E-state index contributed by atoms with van der Waals surface area (Å²) in [5.74, 6) is -1.43. The Bertz CT molecular complexity index is 848. The molecule has 2 aliphatic rings. The van der Waals surface area contributed by atoms with Gasteiger partial charge < -0.3 is 19.7 Å². The Kier molecular flexibility index (Phi) is 6.81. The second-order valence-corrected chi connectivity index (χ2v) is 9.86. The number of nitrogens with zero attached hydrogens (tertiary/aromatic N) is 2. The second kappa shape index (κ2) is 8.86. The molecule has 2 aliphatic heterocycles. The number of pyridine rings is 1. The van der Waals surface area contributed by atoms with Gasteiger partial charge in [0.15, 0.2) is 11.0 Å². The standard InChI is InChI=1S/C20H26BrClFN3O4/c1-10-8-11-6-5-7-12(26(11)19(28)30-20(2,3)4)9-24-17(27)13-14(21)15(23)16(22)25-18(13)29-10/h10-12H,5-9H2,1-4H3,(H,24,27)/t10-,11?,12?/m0/s1. The third-order valence-electron chi connectivity index (χ3n) is 5.11. The SMILES string of the molecule is C[C@H]1CC2CCCC(CNC(=O)c3c(nc(Cl)c(F)c3Br)O1)N2C(=O)OC(C)(C)C. The highest BCUT2D eigenvalue weighted by Gasteiger charge is 2.39. The van der Waals surface area contributed by atoms with Crippen molar-refractivity contribution in [1.82, 2.24) is 15.2 Å². The van der Waals surface area contributed by atoms with Crippen molar-refractivity contribution in [1.29, 1.82) is 0 Å². The molecule has 1 aromatic rings. The van der Waals surface area contributed by atoms with E-state index in [9.17, 15) is 14.0 Å². The van der Waals surface area contributed by atoms with E-state index in [1.54, 1.807) is 4.90 Å². The highest BCUT2D eigenvalue weighted by Crippen LogP contribution is 2.34. The minimum Gasteiger partial charge on any atom is -0.474 e. The molecule has 3 atom stereocenters. The van der Waals surface area contributed by atoms with Crippen LogP contribution in [0.25, 0.3) is 0 Å². The zero-order chi connectivity index (χ0) is 22.2. The number of rotatable bonds is 0. The predicted molar refractivity (Wildman–Crippen MR) is 113 cm³/mol. The molecular formula is C20H26BrClFN3O4. The first kappa shape index (κ1) is 23.1. The molecule has 1 N–H and O–H groups in total. The molecule has 0 saturated carbocycles. The number of hydrogen-bond donors (Lipinski definition) is 1. The number of carbonyl (C=O) groups excluding carboxylic acids is 2. The zero-order valence-corrected chi connectivity index (χ0v) is 19.8. The van der Waals surface area contributed by atoms with Crippen LogP contribution in [-0.2, 0) is 4.74 Å². The lowest BCUT2D eigenvalue weighted by atomic mass is 9.92. The van der Waals surface area contributed by atoms with Crippen LogP contribution in [-0.4, -0.2) is 52.2 Å². The molecule has 3 heterocycles. The van der Waals surface area contributed by atoms with Crippen LogP contribution in [0.4, 0.5) is 9.18 Å². The highest BCUT2D eigenvalue weighted by molar-refractivity contribution is 9.10. The molecule has 0 aliphatic carbocycles. The average molecular weight is 507 g/mol. The van der Waals surface area contributed by atoms with E-state index in [4.69, 9.17) is 21.1 Å². The van der Waals surface area contributed by atoms with Crippen LogP contribution in [0.15, 0.2) is 4.47 Å². The van der Waals surface area contributed by atoms with E-state index in [1.807, 2.05) is 27.7 Å². The number of piperidine rings is 1. The van der Waals surface area contributed by atoms with Crippen molar-refractivity contribution in [2.75, 3.05) is 6.54 Å². The maximum Gasteiger partial charge on any atom is 0.410 e. The minimum absolute atomic E-state index is 0.0430. The van der Waals surface area contributed by atoms with Gasteiger partial charge in [-0.05, 0) is 62.9 Å². The molecule has 2 amide bonds. The van der Waals surface area contributed by atoms with Gasteiger partial charge in [-0.1, -0.05) is 11.6 Å². The second-order valence-electron chi connectivity index (χ2n) is 8.71. The van der Waals surface area contributed by atoms with Gasteiger partial charge in [0.05, 0.1) is 16.6 Å². The molecule has 2 unspecified atom stereocenters. The van der Waals surface area contributed by atoms with Crippen LogP contribution in [0, 0.1) is 5.82 Å². The van der Waals surface area contributed by atoms with Crippen molar-refractivity contribution >= 4 is 39.5 Å². The summed E-state index contributed by atoms with van der Waals surface area (Å²) >= 11 is 8.97. The summed E-state index contributed by atoms with van der Waals surface area (Å²) in [5, 5.41) is 2.41. The molecule has 0 aromatic carbocycles. The van der Waals surface area contributed by atoms with Crippen molar-refractivity contribution in [3.63, 3.8) is 0 Å². The number of carbonyl (C=O) groups is 2. The number of amides is 2.